The van der Waals surface area contributed by atoms with Gasteiger partial charge in [-0.15, -0.1) is 0 Å². The number of hydrogen-bond donors (Lipinski definition) is 1. The van der Waals surface area contributed by atoms with Gasteiger partial charge in [-0.3, -0.25) is 0 Å². The van der Waals surface area contributed by atoms with Gasteiger partial charge in [-0.25, -0.2) is 0 Å². The first-order chi connectivity index (χ1) is 9.56. The summed E-state index contributed by atoms with van der Waals surface area (Å²) >= 11 is 0. The van der Waals surface area contributed by atoms with Crippen molar-refractivity contribution in [3.05, 3.63) is 12.1 Å². The van der Waals surface area contributed by atoms with Gasteiger partial charge in [0.05, 0.1) is 18.4 Å². The highest BCUT2D eigenvalue weighted by Crippen LogP contribution is 2.25. The molecular formula is C15H25N3O2. The lowest BCUT2D eigenvalue weighted by Crippen LogP contribution is -2.31. The highest BCUT2D eigenvalue weighted by atomic mass is 16.5. The van der Waals surface area contributed by atoms with Crippen LogP contribution in [0.5, 0.6) is 5.88 Å². The quantitative estimate of drug-likeness (QED) is 0.896. The molecular weight excluding hydrogens is 254 g/mol. The van der Waals surface area contributed by atoms with Gasteiger partial charge in [-0.2, -0.15) is 4.98 Å². The van der Waals surface area contributed by atoms with E-state index in [1.165, 1.54) is 6.42 Å². The van der Waals surface area contributed by atoms with Gasteiger partial charge in [0.15, 0.2) is 0 Å². The van der Waals surface area contributed by atoms with Crippen LogP contribution in [0.15, 0.2) is 12.1 Å². The number of nitrogens with zero attached hydrogens (tertiary/aromatic N) is 2. The zero-order valence-corrected chi connectivity index (χ0v) is 12.6. The van der Waals surface area contributed by atoms with Crippen LogP contribution in [0, 0.1) is 5.92 Å². The fraction of sp³-hybridized carbons (Fsp3) is 0.667. The predicted molar refractivity (Wildman–Crippen MR) is 81.2 cm³/mol. The maximum absolute atomic E-state index is 5.90. The number of nitrogen functional groups attached to an aromatic ring is 1. The zero-order chi connectivity index (χ0) is 14.5. The van der Waals surface area contributed by atoms with Gasteiger partial charge in [0.2, 0.25) is 5.88 Å². The molecule has 2 heterocycles. The Morgan fingerprint density at radius 3 is 2.95 bits per heavy atom. The summed E-state index contributed by atoms with van der Waals surface area (Å²) in [6.45, 7) is 6.62. The monoisotopic (exact) mass is 279 g/mol. The second-order valence-corrected chi connectivity index (χ2v) is 5.69. The molecule has 1 atom stereocenters. The number of aromatic nitrogens is 1. The van der Waals surface area contributed by atoms with E-state index < -0.39 is 0 Å². The molecule has 1 aliphatic rings. The van der Waals surface area contributed by atoms with Gasteiger partial charge < -0.3 is 20.1 Å². The first-order valence-corrected chi connectivity index (χ1v) is 7.28. The van der Waals surface area contributed by atoms with Crippen LogP contribution in [0.1, 0.15) is 26.7 Å². The smallest absolute Gasteiger partial charge is 0.239 e. The summed E-state index contributed by atoms with van der Waals surface area (Å²) in [7, 11) is 2.05. The molecule has 2 N–H and O–H groups in total. The number of pyridine rings is 1. The predicted octanol–water partition coefficient (Wildman–Crippen LogP) is 2.31. The van der Waals surface area contributed by atoms with Crippen LogP contribution >= 0.6 is 0 Å². The molecule has 1 aromatic rings. The van der Waals surface area contributed by atoms with Gasteiger partial charge in [-0.05, 0) is 44.7 Å². The first-order valence-electron chi connectivity index (χ1n) is 7.28. The van der Waals surface area contributed by atoms with Crippen LogP contribution in [0.3, 0.4) is 0 Å². The Bertz CT molecular complexity index is 431. The third-order valence-electron chi connectivity index (χ3n) is 3.40. The second kappa shape index (κ2) is 6.79. The standard InChI is InChI=1S/C15H25N3O2/c1-11(2)20-15-13(16)6-7-14(17-15)18(3)9-12-5-4-8-19-10-12/h6-7,11-12H,4-5,8-10,16H2,1-3H3. The molecule has 5 heteroatoms. The minimum atomic E-state index is 0.0668. The van der Waals surface area contributed by atoms with Crippen molar-refractivity contribution < 1.29 is 9.47 Å². The third kappa shape index (κ3) is 4.00. The lowest BCUT2D eigenvalue weighted by Gasteiger charge is -2.28. The molecule has 2 rings (SSSR count). The summed E-state index contributed by atoms with van der Waals surface area (Å²) in [5, 5.41) is 0. The molecule has 0 bridgehead atoms. The van der Waals surface area contributed by atoms with Crippen molar-refractivity contribution in [3.63, 3.8) is 0 Å². The molecule has 0 saturated carbocycles. The van der Waals surface area contributed by atoms with Gasteiger partial charge in [-0.1, -0.05) is 0 Å². The number of anilines is 2. The molecule has 1 aromatic heterocycles. The summed E-state index contributed by atoms with van der Waals surface area (Å²) in [5.74, 6) is 1.98. The number of ether oxygens (including phenoxy) is 2. The van der Waals surface area contributed by atoms with E-state index in [9.17, 15) is 0 Å². The van der Waals surface area contributed by atoms with Gasteiger partial charge in [0.1, 0.15) is 5.82 Å². The van der Waals surface area contributed by atoms with Gasteiger partial charge in [0, 0.05) is 20.2 Å². The van der Waals surface area contributed by atoms with Crippen LogP contribution in [0.2, 0.25) is 0 Å². The van der Waals surface area contributed by atoms with E-state index in [1.54, 1.807) is 0 Å². The van der Waals surface area contributed by atoms with Crippen molar-refractivity contribution in [2.24, 2.45) is 5.92 Å². The fourth-order valence-corrected chi connectivity index (χ4v) is 2.40. The molecule has 0 spiro atoms. The van der Waals surface area contributed by atoms with Gasteiger partial charge >= 0.3 is 0 Å². The first kappa shape index (κ1) is 14.9. The lowest BCUT2D eigenvalue weighted by atomic mass is 10.0. The fourth-order valence-electron chi connectivity index (χ4n) is 2.40. The molecule has 1 unspecified atom stereocenters. The van der Waals surface area contributed by atoms with E-state index in [1.807, 2.05) is 33.0 Å². The Labute approximate surface area is 121 Å². The van der Waals surface area contributed by atoms with Crippen molar-refractivity contribution in [1.82, 2.24) is 4.98 Å². The highest BCUT2D eigenvalue weighted by molar-refractivity contribution is 5.54. The third-order valence-corrected chi connectivity index (χ3v) is 3.40. The van der Waals surface area contributed by atoms with Crippen molar-refractivity contribution in [2.75, 3.05) is 37.4 Å². The highest BCUT2D eigenvalue weighted by Gasteiger charge is 2.17. The molecule has 0 aliphatic carbocycles. The molecule has 1 aliphatic heterocycles. The average Bonchev–Trinajstić information content (AvgIpc) is 2.42. The topological polar surface area (TPSA) is 60.6 Å². The Balaban J connectivity index is 2.03. The van der Waals surface area contributed by atoms with Crippen molar-refractivity contribution in [2.45, 2.75) is 32.8 Å². The van der Waals surface area contributed by atoms with Crippen LogP contribution in [0.4, 0.5) is 11.5 Å². The summed E-state index contributed by atoms with van der Waals surface area (Å²) in [5.41, 5.74) is 6.48. The summed E-state index contributed by atoms with van der Waals surface area (Å²) in [6.07, 6.45) is 2.43. The van der Waals surface area contributed by atoms with E-state index in [2.05, 4.69) is 9.88 Å². The molecule has 0 radical (unpaired) electrons. The maximum atomic E-state index is 5.90. The average molecular weight is 279 g/mol. The molecule has 20 heavy (non-hydrogen) atoms. The summed E-state index contributed by atoms with van der Waals surface area (Å²) in [4.78, 5) is 6.66. The Hall–Kier alpha value is -1.49. The van der Waals surface area contributed by atoms with Crippen LogP contribution in [0.25, 0.3) is 0 Å². The second-order valence-electron chi connectivity index (χ2n) is 5.69. The minimum absolute atomic E-state index is 0.0668. The van der Waals surface area contributed by atoms with E-state index in [0.717, 1.165) is 32.0 Å². The maximum Gasteiger partial charge on any atom is 0.239 e. The lowest BCUT2D eigenvalue weighted by molar-refractivity contribution is 0.0576. The molecule has 112 valence electrons. The minimum Gasteiger partial charge on any atom is -0.473 e. The normalized spacial score (nSPS) is 19.1. The van der Waals surface area contributed by atoms with Crippen molar-refractivity contribution in [3.8, 4) is 5.88 Å². The van der Waals surface area contributed by atoms with E-state index in [4.69, 9.17) is 15.2 Å². The van der Waals surface area contributed by atoms with E-state index in [0.29, 0.717) is 17.5 Å². The van der Waals surface area contributed by atoms with Crippen LogP contribution in [-0.4, -0.2) is 37.9 Å². The Morgan fingerprint density at radius 1 is 1.50 bits per heavy atom. The Morgan fingerprint density at radius 2 is 2.30 bits per heavy atom. The SMILES string of the molecule is CC(C)Oc1nc(N(C)CC2CCCOC2)ccc1N. The van der Waals surface area contributed by atoms with Crippen LogP contribution < -0.4 is 15.4 Å². The van der Waals surface area contributed by atoms with Crippen LogP contribution in [-0.2, 0) is 4.74 Å². The number of rotatable bonds is 5. The molecule has 1 fully saturated rings. The number of hydrogen-bond acceptors (Lipinski definition) is 5. The summed E-state index contributed by atoms with van der Waals surface area (Å²) in [6, 6.07) is 3.79. The van der Waals surface area contributed by atoms with Gasteiger partial charge in [0.25, 0.3) is 0 Å². The van der Waals surface area contributed by atoms with E-state index >= 15 is 0 Å². The zero-order valence-electron chi connectivity index (χ0n) is 12.6. The number of nitrogens with two attached hydrogens (primary N) is 1. The molecule has 5 nitrogen and oxygen atoms in total. The Kier molecular flexibility index (Phi) is 5.06. The molecule has 1 saturated heterocycles. The van der Waals surface area contributed by atoms with Crippen molar-refractivity contribution in [1.29, 1.82) is 0 Å². The van der Waals surface area contributed by atoms with Crippen molar-refractivity contribution >= 4 is 11.5 Å². The summed E-state index contributed by atoms with van der Waals surface area (Å²) < 4.78 is 11.2. The largest absolute Gasteiger partial charge is 0.473 e. The molecule has 0 amide bonds. The molecule has 0 aromatic carbocycles. The van der Waals surface area contributed by atoms with E-state index in [-0.39, 0.29) is 6.10 Å².